The first-order valence-corrected chi connectivity index (χ1v) is 7.32. The van der Waals surface area contributed by atoms with Crippen LogP contribution in [-0.2, 0) is 20.5 Å². The molecule has 19 heavy (non-hydrogen) atoms. The molecule has 0 fully saturated rings. The zero-order chi connectivity index (χ0) is 14.5. The molecule has 0 unspecified atom stereocenters. The predicted molar refractivity (Wildman–Crippen MR) is 70.1 cm³/mol. The number of aliphatic hydroxyl groups is 1. The maximum absolute atomic E-state index is 11.7. The fourth-order valence-corrected chi connectivity index (χ4v) is 2.64. The molecular formula is C12H17NO5S. The first kappa shape index (κ1) is 15.6. The van der Waals surface area contributed by atoms with E-state index in [0.717, 1.165) is 0 Å². The summed E-state index contributed by atoms with van der Waals surface area (Å²) < 4.78 is 30.3. The third kappa shape index (κ3) is 5.37. The van der Waals surface area contributed by atoms with Gasteiger partial charge in [0.25, 0.3) is 0 Å². The van der Waals surface area contributed by atoms with Crippen molar-refractivity contribution in [2.75, 3.05) is 13.7 Å². The van der Waals surface area contributed by atoms with E-state index in [-0.39, 0.29) is 12.3 Å². The topological polar surface area (TPSA) is 92.7 Å². The lowest BCUT2D eigenvalue weighted by atomic mass is 10.1. The quantitative estimate of drug-likeness (QED) is 0.733. The lowest BCUT2D eigenvalue weighted by Crippen LogP contribution is -2.31. The number of methoxy groups -OCH3 is 1. The number of ether oxygens (including phenoxy) is 1. The molecule has 0 aromatic heterocycles. The Bertz CT molecular complexity index is 539. The fourth-order valence-electron chi connectivity index (χ4n) is 1.42. The van der Waals surface area contributed by atoms with Crippen molar-refractivity contribution < 1.29 is 23.1 Å². The van der Waals surface area contributed by atoms with Crippen molar-refractivity contribution in [2.45, 2.75) is 18.8 Å². The minimum Gasteiger partial charge on any atom is -0.465 e. The predicted octanol–water partition coefficient (Wildman–Crippen LogP) is 0.273. The van der Waals surface area contributed by atoms with Crippen molar-refractivity contribution in [2.24, 2.45) is 0 Å². The Kier molecular flexibility index (Phi) is 5.46. The third-order valence-electron chi connectivity index (χ3n) is 2.30. The summed E-state index contributed by atoms with van der Waals surface area (Å²) in [6.45, 7) is 1.44. The van der Waals surface area contributed by atoms with E-state index in [4.69, 9.17) is 5.11 Å². The van der Waals surface area contributed by atoms with Crippen LogP contribution in [0.5, 0.6) is 0 Å². The van der Waals surface area contributed by atoms with Gasteiger partial charge in [0.05, 0.1) is 24.5 Å². The Morgan fingerprint density at radius 1 is 1.47 bits per heavy atom. The molecular weight excluding hydrogens is 270 g/mol. The van der Waals surface area contributed by atoms with Crippen molar-refractivity contribution >= 4 is 16.0 Å². The molecule has 1 rings (SSSR count). The highest BCUT2D eigenvalue weighted by Crippen LogP contribution is 2.09. The molecule has 1 atom stereocenters. The lowest BCUT2D eigenvalue weighted by molar-refractivity contribution is 0.0600. The Morgan fingerprint density at radius 2 is 2.16 bits per heavy atom. The first-order valence-electron chi connectivity index (χ1n) is 5.66. The van der Waals surface area contributed by atoms with Gasteiger partial charge in [-0.25, -0.2) is 17.9 Å². The maximum Gasteiger partial charge on any atom is 0.337 e. The molecule has 0 amide bonds. The zero-order valence-electron chi connectivity index (χ0n) is 10.8. The number of carbonyl (C=O) groups excluding carboxylic acids is 1. The summed E-state index contributed by atoms with van der Waals surface area (Å²) in [7, 11) is -2.28. The van der Waals surface area contributed by atoms with Crippen molar-refractivity contribution in [1.29, 1.82) is 0 Å². The van der Waals surface area contributed by atoms with E-state index in [0.29, 0.717) is 11.1 Å². The summed E-state index contributed by atoms with van der Waals surface area (Å²) in [4.78, 5) is 11.3. The molecule has 0 heterocycles. The molecule has 0 aliphatic heterocycles. The average molecular weight is 287 g/mol. The number of hydrogen-bond acceptors (Lipinski definition) is 5. The zero-order valence-corrected chi connectivity index (χ0v) is 11.6. The summed E-state index contributed by atoms with van der Waals surface area (Å²) in [5.41, 5.74) is 0.770. The van der Waals surface area contributed by atoms with Gasteiger partial charge >= 0.3 is 5.97 Å². The van der Waals surface area contributed by atoms with Gasteiger partial charge in [-0.15, -0.1) is 0 Å². The highest BCUT2D eigenvalue weighted by Gasteiger charge is 2.14. The minimum absolute atomic E-state index is 0.0426. The van der Waals surface area contributed by atoms with Crippen LogP contribution in [0.15, 0.2) is 24.3 Å². The highest BCUT2D eigenvalue weighted by molar-refractivity contribution is 7.88. The van der Waals surface area contributed by atoms with Gasteiger partial charge in [0, 0.05) is 6.54 Å². The molecule has 0 spiro atoms. The maximum atomic E-state index is 11.7. The van der Waals surface area contributed by atoms with Gasteiger partial charge in [0.1, 0.15) is 0 Å². The number of rotatable bonds is 6. The van der Waals surface area contributed by atoms with Gasteiger partial charge in [0.2, 0.25) is 10.0 Å². The van der Waals surface area contributed by atoms with Crippen molar-refractivity contribution in [3.05, 3.63) is 35.4 Å². The van der Waals surface area contributed by atoms with E-state index in [9.17, 15) is 13.2 Å². The van der Waals surface area contributed by atoms with Crippen LogP contribution >= 0.6 is 0 Å². The smallest absolute Gasteiger partial charge is 0.337 e. The minimum atomic E-state index is -3.54. The molecule has 0 aliphatic rings. The molecule has 1 aromatic carbocycles. The summed E-state index contributed by atoms with van der Waals surface area (Å²) in [5, 5.41) is 9.04. The van der Waals surface area contributed by atoms with E-state index < -0.39 is 22.1 Å². The Labute approximate surface area is 112 Å². The lowest BCUT2D eigenvalue weighted by Gasteiger charge is -2.09. The Morgan fingerprint density at radius 3 is 2.74 bits per heavy atom. The summed E-state index contributed by atoms with van der Waals surface area (Å²) in [6.07, 6.45) is -0.754. The number of benzene rings is 1. The molecule has 1 aromatic rings. The number of hydrogen-bond donors (Lipinski definition) is 2. The van der Waals surface area contributed by atoms with Crippen molar-refractivity contribution in [3.8, 4) is 0 Å². The number of sulfonamides is 1. The average Bonchev–Trinajstić information content (AvgIpc) is 2.35. The first-order chi connectivity index (χ1) is 8.84. The molecule has 0 aliphatic carbocycles. The molecule has 0 saturated heterocycles. The summed E-state index contributed by atoms with van der Waals surface area (Å²) >= 11 is 0. The Balaban J connectivity index is 2.79. The van der Waals surface area contributed by atoms with E-state index in [1.165, 1.54) is 20.1 Å². The van der Waals surface area contributed by atoms with Crippen molar-refractivity contribution in [1.82, 2.24) is 4.72 Å². The number of carbonyl (C=O) groups is 1. The van der Waals surface area contributed by atoms with Gasteiger partial charge in [-0.05, 0) is 24.6 Å². The standard InChI is InChI=1S/C12H17NO5S/c1-9(14)7-13-19(16,17)8-10-4-3-5-11(6-10)12(15)18-2/h3-6,9,13-14H,7-8H2,1-2H3/t9-/m1/s1. The van der Waals surface area contributed by atoms with Crippen LogP contribution in [0.3, 0.4) is 0 Å². The van der Waals surface area contributed by atoms with E-state index in [2.05, 4.69) is 9.46 Å². The molecule has 6 nitrogen and oxygen atoms in total. The molecule has 0 bridgehead atoms. The van der Waals surface area contributed by atoms with Crippen LogP contribution < -0.4 is 4.72 Å². The van der Waals surface area contributed by atoms with E-state index in [1.807, 2.05) is 0 Å². The van der Waals surface area contributed by atoms with Crippen LogP contribution in [-0.4, -0.2) is 39.3 Å². The van der Waals surface area contributed by atoms with Crippen molar-refractivity contribution in [3.63, 3.8) is 0 Å². The van der Waals surface area contributed by atoms with Gasteiger partial charge in [-0.3, -0.25) is 0 Å². The second-order valence-corrected chi connectivity index (χ2v) is 5.96. The molecule has 7 heteroatoms. The van der Waals surface area contributed by atoms with Crippen LogP contribution in [0.2, 0.25) is 0 Å². The molecule has 2 N–H and O–H groups in total. The molecule has 0 saturated carbocycles. The van der Waals surface area contributed by atoms with E-state index >= 15 is 0 Å². The van der Waals surface area contributed by atoms with Gasteiger partial charge in [-0.2, -0.15) is 0 Å². The molecule has 106 valence electrons. The van der Waals surface area contributed by atoms with E-state index in [1.54, 1.807) is 18.2 Å². The monoisotopic (exact) mass is 287 g/mol. The number of esters is 1. The number of nitrogens with one attached hydrogen (secondary N) is 1. The summed E-state index contributed by atoms with van der Waals surface area (Å²) in [5.74, 6) is -0.777. The second kappa shape index (κ2) is 6.65. The van der Waals surface area contributed by atoms with Gasteiger partial charge in [0.15, 0.2) is 0 Å². The van der Waals surface area contributed by atoms with Gasteiger partial charge in [-0.1, -0.05) is 12.1 Å². The largest absolute Gasteiger partial charge is 0.465 e. The van der Waals surface area contributed by atoms with Crippen LogP contribution in [0.4, 0.5) is 0 Å². The van der Waals surface area contributed by atoms with Crippen LogP contribution in [0.25, 0.3) is 0 Å². The van der Waals surface area contributed by atoms with Crippen LogP contribution in [0.1, 0.15) is 22.8 Å². The number of aliphatic hydroxyl groups excluding tert-OH is 1. The fraction of sp³-hybridized carbons (Fsp3) is 0.417. The molecule has 0 radical (unpaired) electrons. The highest BCUT2D eigenvalue weighted by atomic mass is 32.2. The Hall–Kier alpha value is -1.44. The van der Waals surface area contributed by atoms with Gasteiger partial charge < -0.3 is 9.84 Å². The normalized spacial score (nSPS) is 13.0. The third-order valence-corrected chi connectivity index (χ3v) is 3.62. The SMILES string of the molecule is COC(=O)c1cccc(CS(=O)(=O)NC[C@@H](C)O)c1. The summed E-state index contributed by atoms with van der Waals surface area (Å²) in [6, 6.07) is 6.21. The van der Waals surface area contributed by atoms with Crippen LogP contribution in [0, 0.1) is 0 Å². The second-order valence-electron chi connectivity index (χ2n) is 4.15.